The van der Waals surface area contributed by atoms with E-state index in [0.717, 1.165) is 0 Å². The monoisotopic (exact) mass is 140 g/mol. The quantitative estimate of drug-likeness (QED) is 0.541. The van der Waals surface area contributed by atoms with Gasteiger partial charge in [0, 0.05) is 12.4 Å². The number of rotatable bonds is 1. The number of aromatic nitrogens is 2. The van der Waals surface area contributed by atoms with E-state index in [9.17, 15) is 0 Å². The Kier molecular flexibility index (Phi) is 1.44. The summed E-state index contributed by atoms with van der Waals surface area (Å²) in [6.07, 6.45) is 3.87. The number of nitrogens with zero attached hydrogens (tertiary/aromatic N) is 2. The van der Waals surface area contributed by atoms with Gasteiger partial charge in [0.1, 0.15) is 0 Å². The molecule has 50 valence electrons. The molecule has 0 aromatic carbocycles. The molecule has 1 rings (SSSR count). The van der Waals surface area contributed by atoms with E-state index in [0.29, 0.717) is 0 Å². The van der Waals surface area contributed by atoms with Crippen molar-refractivity contribution >= 4 is 8.24 Å². The zero-order valence-corrected chi connectivity index (χ0v) is 7.13. The molecule has 0 bridgehead atoms. The number of hydrogen-bond acceptors (Lipinski definition) is 1. The second kappa shape index (κ2) is 1.99. The summed E-state index contributed by atoms with van der Waals surface area (Å²) in [5.41, 5.74) is 0. The van der Waals surface area contributed by atoms with Crippen LogP contribution in [0.4, 0.5) is 0 Å². The fourth-order valence-corrected chi connectivity index (χ4v) is 1.61. The molecule has 0 saturated carbocycles. The third kappa shape index (κ3) is 1.42. The molecule has 2 nitrogen and oxygen atoms in total. The first-order valence-electron chi connectivity index (χ1n) is 3.11. The Morgan fingerprint density at radius 3 is 2.22 bits per heavy atom. The molecule has 0 saturated heterocycles. The van der Waals surface area contributed by atoms with Gasteiger partial charge in [0.05, 0.1) is 0 Å². The first kappa shape index (κ1) is 6.55. The average Bonchev–Trinajstić information content (AvgIpc) is 2.08. The van der Waals surface area contributed by atoms with Crippen LogP contribution in [-0.4, -0.2) is 17.7 Å². The maximum atomic E-state index is 4.17. The van der Waals surface area contributed by atoms with Crippen molar-refractivity contribution in [2.24, 2.45) is 0 Å². The molecule has 1 aromatic rings. The highest BCUT2D eigenvalue weighted by Gasteiger charge is 2.15. The summed E-state index contributed by atoms with van der Waals surface area (Å²) in [7, 11) is -1.18. The molecule has 9 heavy (non-hydrogen) atoms. The SMILES string of the molecule is C[Si](C)(C)n1cccn1. The van der Waals surface area contributed by atoms with E-state index >= 15 is 0 Å². The highest BCUT2D eigenvalue weighted by atomic mass is 28.3. The van der Waals surface area contributed by atoms with Crippen molar-refractivity contribution in [3.63, 3.8) is 0 Å². The second-order valence-electron chi connectivity index (χ2n) is 3.12. The topological polar surface area (TPSA) is 17.8 Å². The molecule has 0 amide bonds. The van der Waals surface area contributed by atoms with Gasteiger partial charge in [-0.1, -0.05) is 0 Å². The van der Waals surface area contributed by atoms with Gasteiger partial charge >= 0.3 is 0 Å². The Labute approximate surface area is 56.6 Å². The highest BCUT2D eigenvalue weighted by Crippen LogP contribution is 2.01. The van der Waals surface area contributed by atoms with E-state index in [1.807, 2.05) is 18.5 Å². The molecule has 1 aromatic heterocycles. The van der Waals surface area contributed by atoms with E-state index in [1.165, 1.54) is 0 Å². The molecule has 0 aliphatic carbocycles. The summed E-state index contributed by atoms with van der Waals surface area (Å²) in [6.45, 7) is 6.79. The fraction of sp³-hybridized carbons (Fsp3) is 0.500. The summed E-state index contributed by atoms with van der Waals surface area (Å²) in [5.74, 6) is 0. The van der Waals surface area contributed by atoms with Gasteiger partial charge in [0.2, 0.25) is 0 Å². The van der Waals surface area contributed by atoms with Crippen LogP contribution in [0.5, 0.6) is 0 Å². The van der Waals surface area contributed by atoms with Crippen molar-refractivity contribution in [2.75, 3.05) is 0 Å². The van der Waals surface area contributed by atoms with Crippen molar-refractivity contribution in [3.05, 3.63) is 18.5 Å². The Morgan fingerprint density at radius 1 is 1.33 bits per heavy atom. The number of hydrogen-bond donors (Lipinski definition) is 0. The normalized spacial score (nSPS) is 11.9. The Hall–Kier alpha value is -0.573. The molecule has 0 spiro atoms. The van der Waals surface area contributed by atoms with Crippen LogP contribution in [0.15, 0.2) is 18.5 Å². The molecule has 0 aliphatic heterocycles. The predicted molar refractivity (Wildman–Crippen MR) is 41.0 cm³/mol. The minimum Gasteiger partial charge on any atom is -0.302 e. The van der Waals surface area contributed by atoms with Crippen molar-refractivity contribution in [1.29, 1.82) is 0 Å². The summed E-state index contributed by atoms with van der Waals surface area (Å²) >= 11 is 0. The van der Waals surface area contributed by atoms with Crippen LogP contribution in [0, 0.1) is 0 Å². The molecular formula is C6H12N2Si. The molecule has 0 N–H and O–H groups in total. The maximum absolute atomic E-state index is 4.17. The molecule has 0 atom stereocenters. The van der Waals surface area contributed by atoms with E-state index in [4.69, 9.17) is 0 Å². The first-order chi connectivity index (χ1) is 4.11. The molecule has 0 aliphatic rings. The van der Waals surface area contributed by atoms with Crippen LogP contribution in [0.1, 0.15) is 0 Å². The van der Waals surface area contributed by atoms with Gasteiger partial charge in [-0.15, -0.1) is 0 Å². The van der Waals surface area contributed by atoms with Crippen LogP contribution in [0.2, 0.25) is 19.6 Å². The van der Waals surface area contributed by atoms with Crippen molar-refractivity contribution in [1.82, 2.24) is 9.45 Å². The lowest BCUT2D eigenvalue weighted by Crippen LogP contribution is -2.32. The van der Waals surface area contributed by atoms with E-state index in [2.05, 4.69) is 29.1 Å². The van der Waals surface area contributed by atoms with Gasteiger partial charge < -0.3 is 4.35 Å². The Morgan fingerprint density at radius 2 is 2.00 bits per heavy atom. The summed E-state index contributed by atoms with van der Waals surface area (Å²) in [6, 6.07) is 1.97. The summed E-state index contributed by atoms with van der Waals surface area (Å²) in [5, 5.41) is 4.17. The van der Waals surface area contributed by atoms with Gasteiger partial charge in [-0.05, 0) is 25.7 Å². The van der Waals surface area contributed by atoms with Crippen molar-refractivity contribution < 1.29 is 0 Å². The van der Waals surface area contributed by atoms with E-state index < -0.39 is 8.24 Å². The minimum atomic E-state index is -1.18. The van der Waals surface area contributed by atoms with Crippen LogP contribution in [-0.2, 0) is 0 Å². The van der Waals surface area contributed by atoms with E-state index in [-0.39, 0.29) is 0 Å². The van der Waals surface area contributed by atoms with Gasteiger partial charge in [0.25, 0.3) is 0 Å². The van der Waals surface area contributed by atoms with Crippen LogP contribution >= 0.6 is 0 Å². The van der Waals surface area contributed by atoms with Gasteiger partial charge in [-0.25, -0.2) is 0 Å². The molecule has 0 unspecified atom stereocenters. The van der Waals surface area contributed by atoms with Crippen LogP contribution < -0.4 is 0 Å². The van der Waals surface area contributed by atoms with Gasteiger partial charge in [-0.3, -0.25) is 0 Å². The third-order valence-corrected chi connectivity index (χ3v) is 2.83. The predicted octanol–water partition coefficient (Wildman–Crippen LogP) is 1.57. The lowest BCUT2D eigenvalue weighted by atomic mass is 10.8. The van der Waals surface area contributed by atoms with Crippen LogP contribution in [0.25, 0.3) is 0 Å². The Balaban J connectivity index is 2.90. The zero-order valence-electron chi connectivity index (χ0n) is 6.13. The first-order valence-corrected chi connectivity index (χ1v) is 6.55. The van der Waals surface area contributed by atoms with Crippen molar-refractivity contribution in [2.45, 2.75) is 19.6 Å². The lowest BCUT2D eigenvalue weighted by molar-refractivity contribution is 0.934. The largest absolute Gasteiger partial charge is 0.302 e. The smallest absolute Gasteiger partial charge is 0.175 e. The van der Waals surface area contributed by atoms with Gasteiger partial charge in [0.15, 0.2) is 8.24 Å². The molecule has 0 fully saturated rings. The van der Waals surface area contributed by atoms with Gasteiger partial charge in [-0.2, -0.15) is 5.10 Å². The lowest BCUT2D eigenvalue weighted by Gasteiger charge is -2.15. The fourth-order valence-electron chi connectivity index (χ4n) is 0.666. The third-order valence-electron chi connectivity index (χ3n) is 1.19. The van der Waals surface area contributed by atoms with E-state index in [1.54, 1.807) is 0 Å². The molecular weight excluding hydrogens is 128 g/mol. The maximum Gasteiger partial charge on any atom is 0.175 e. The Bertz CT molecular complexity index is 173. The zero-order chi connectivity index (χ0) is 6.91. The summed E-state index contributed by atoms with van der Waals surface area (Å²) in [4.78, 5) is 0. The highest BCUT2D eigenvalue weighted by molar-refractivity contribution is 6.74. The molecule has 1 heterocycles. The average molecular weight is 140 g/mol. The van der Waals surface area contributed by atoms with Crippen LogP contribution in [0.3, 0.4) is 0 Å². The second-order valence-corrected chi connectivity index (χ2v) is 7.92. The summed E-state index contributed by atoms with van der Waals surface area (Å²) < 4.78 is 2.08. The standard InChI is InChI=1S/C6H12N2Si/c1-9(2,3)8-6-4-5-7-8/h4-6H,1-3H3. The molecule has 3 heteroatoms. The van der Waals surface area contributed by atoms with Crippen molar-refractivity contribution in [3.8, 4) is 0 Å². The minimum absolute atomic E-state index is 1.18. The molecule has 0 radical (unpaired) electrons.